The molecule has 1 aromatic carbocycles. The SMILES string of the molecule is CN=C(N)c1ccc(-c2cc(CN)on2)cc1. The van der Waals surface area contributed by atoms with Crippen molar-refractivity contribution in [1.82, 2.24) is 5.16 Å². The number of rotatable bonds is 3. The van der Waals surface area contributed by atoms with Crippen molar-refractivity contribution in [3.05, 3.63) is 41.7 Å². The van der Waals surface area contributed by atoms with E-state index in [0.29, 0.717) is 18.1 Å². The molecule has 0 unspecified atom stereocenters. The summed E-state index contributed by atoms with van der Waals surface area (Å²) in [7, 11) is 1.66. The van der Waals surface area contributed by atoms with Crippen LogP contribution in [0.3, 0.4) is 0 Å². The molecule has 2 rings (SSSR count). The van der Waals surface area contributed by atoms with Gasteiger partial charge in [0.05, 0.1) is 6.54 Å². The maximum absolute atomic E-state index is 5.71. The number of hydrogen-bond acceptors (Lipinski definition) is 4. The van der Waals surface area contributed by atoms with Crippen LogP contribution in [0.15, 0.2) is 39.8 Å². The molecule has 0 atom stereocenters. The molecule has 1 aromatic heterocycles. The molecular weight excluding hydrogens is 216 g/mol. The lowest BCUT2D eigenvalue weighted by atomic mass is 10.1. The summed E-state index contributed by atoms with van der Waals surface area (Å²) in [4.78, 5) is 3.92. The van der Waals surface area contributed by atoms with Crippen LogP contribution in [0.2, 0.25) is 0 Å². The highest BCUT2D eigenvalue weighted by Gasteiger charge is 2.05. The Morgan fingerprint density at radius 3 is 2.59 bits per heavy atom. The number of hydrogen-bond donors (Lipinski definition) is 2. The molecule has 0 spiro atoms. The first kappa shape index (κ1) is 11.3. The van der Waals surface area contributed by atoms with Crippen LogP contribution in [-0.4, -0.2) is 18.0 Å². The molecule has 4 N–H and O–H groups in total. The first-order valence-corrected chi connectivity index (χ1v) is 5.23. The Kier molecular flexibility index (Phi) is 3.20. The van der Waals surface area contributed by atoms with Gasteiger partial charge in [-0.1, -0.05) is 29.4 Å². The molecule has 0 amide bonds. The molecule has 1 heterocycles. The lowest BCUT2D eigenvalue weighted by molar-refractivity contribution is 0.387. The number of aromatic nitrogens is 1. The van der Waals surface area contributed by atoms with E-state index in [9.17, 15) is 0 Å². The van der Waals surface area contributed by atoms with Gasteiger partial charge in [0.2, 0.25) is 0 Å². The Hall–Kier alpha value is -2.14. The van der Waals surface area contributed by atoms with E-state index in [-0.39, 0.29) is 0 Å². The minimum Gasteiger partial charge on any atom is -0.384 e. The highest BCUT2D eigenvalue weighted by atomic mass is 16.5. The van der Waals surface area contributed by atoms with Gasteiger partial charge in [0.25, 0.3) is 0 Å². The highest BCUT2D eigenvalue weighted by molar-refractivity contribution is 5.97. The molecule has 0 saturated heterocycles. The molecule has 0 saturated carbocycles. The first-order chi connectivity index (χ1) is 8.24. The van der Waals surface area contributed by atoms with Gasteiger partial charge < -0.3 is 16.0 Å². The normalized spacial score (nSPS) is 11.8. The average molecular weight is 230 g/mol. The molecule has 2 aromatic rings. The summed E-state index contributed by atoms with van der Waals surface area (Å²) in [6.45, 7) is 0.348. The Morgan fingerprint density at radius 1 is 1.35 bits per heavy atom. The summed E-state index contributed by atoms with van der Waals surface area (Å²) in [5.74, 6) is 1.18. The van der Waals surface area contributed by atoms with Crippen molar-refractivity contribution < 1.29 is 4.52 Å². The van der Waals surface area contributed by atoms with Crippen molar-refractivity contribution in [3.63, 3.8) is 0 Å². The van der Waals surface area contributed by atoms with E-state index in [1.54, 1.807) is 7.05 Å². The molecular formula is C12H14N4O. The smallest absolute Gasteiger partial charge is 0.150 e. The Bertz CT molecular complexity index is 528. The maximum atomic E-state index is 5.71. The number of nitrogens with zero attached hydrogens (tertiary/aromatic N) is 2. The van der Waals surface area contributed by atoms with E-state index in [4.69, 9.17) is 16.0 Å². The summed E-state index contributed by atoms with van der Waals surface area (Å²) < 4.78 is 5.04. The van der Waals surface area contributed by atoms with Crippen LogP contribution in [0, 0.1) is 0 Å². The molecule has 5 heteroatoms. The fraction of sp³-hybridized carbons (Fsp3) is 0.167. The van der Waals surface area contributed by atoms with Gasteiger partial charge in [-0.2, -0.15) is 0 Å². The number of nitrogens with two attached hydrogens (primary N) is 2. The fourth-order valence-corrected chi connectivity index (χ4v) is 1.49. The third-order valence-corrected chi connectivity index (χ3v) is 2.48. The fourth-order valence-electron chi connectivity index (χ4n) is 1.49. The van der Waals surface area contributed by atoms with E-state index < -0.39 is 0 Å². The van der Waals surface area contributed by atoms with Crippen LogP contribution in [0.1, 0.15) is 11.3 Å². The van der Waals surface area contributed by atoms with E-state index >= 15 is 0 Å². The van der Waals surface area contributed by atoms with Gasteiger partial charge in [-0.15, -0.1) is 0 Å². The van der Waals surface area contributed by atoms with Crippen LogP contribution >= 0.6 is 0 Å². The van der Waals surface area contributed by atoms with Gasteiger partial charge in [0, 0.05) is 24.2 Å². The van der Waals surface area contributed by atoms with Crippen LogP contribution in [0.5, 0.6) is 0 Å². The lowest BCUT2D eigenvalue weighted by Gasteiger charge is -2.00. The summed E-state index contributed by atoms with van der Waals surface area (Å²) in [6.07, 6.45) is 0. The summed E-state index contributed by atoms with van der Waals surface area (Å²) >= 11 is 0. The maximum Gasteiger partial charge on any atom is 0.150 e. The Balaban J connectivity index is 2.29. The van der Waals surface area contributed by atoms with Crippen molar-refractivity contribution >= 4 is 5.84 Å². The molecule has 0 bridgehead atoms. The van der Waals surface area contributed by atoms with Crippen molar-refractivity contribution in [2.75, 3.05) is 7.05 Å². The van der Waals surface area contributed by atoms with Gasteiger partial charge in [-0.3, -0.25) is 4.99 Å². The minimum absolute atomic E-state index is 0.348. The van der Waals surface area contributed by atoms with Crippen molar-refractivity contribution in [3.8, 4) is 11.3 Å². The average Bonchev–Trinajstić information content (AvgIpc) is 2.87. The van der Waals surface area contributed by atoms with E-state index in [0.717, 1.165) is 16.8 Å². The van der Waals surface area contributed by atoms with E-state index in [2.05, 4.69) is 10.1 Å². The number of aliphatic imine (C=N–C) groups is 1. The van der Waals surface area contributed by atoms with Crippen LogP contribution in [0.25, 0.3) is 11.3 Å². The zero-order chi connectivity index (χ0) is 12.3. The van der Waals surface area contributed by atoms with Crippen molar-refractivity contribution in [2.45, 2.75) is 6.54 Å². The number of benzene rings is 1. The van der Waals surface area contributed by atoms with E-state index in [1.807, 2.05) is 30.3 Å². The van der Waals surface area contributed by atoms with Gasteiger partial charge in [0.1, 0.15) is 11.5 Å². The quantitative estimate of drug-likeness (QED) is 0.611. The molecule has 0 radical (unpaired) electrons. The van der Waals surface area contributed by atoms with Crippen LogP contribution in [-0.2, 0) is 6.54 Å². The molecule has 17 heavy (non-hydrogen) atoms. The predicted molar refractivity (Wildman–Crippen MR) is 66.5 cm³/mol. The molecule has 5 nitrogen and oxygen atoms in total. The standard InChI is InChI=1S/C12H14N4O/c1-15-12(14)9-4-2-8(3-5-9)11-6-10(7-13)17-16-11/h2-6H,7,13H2,1H3,(H2,14,15). The number of amidine groups is 1. The molecule has 0 aliphatic rings. The second-order valence-corrected chi connectivity index (χ2v) is 3.57. The molecule has 88 valence electrons. The zero-order valence-electron chi connectivity index (χ0n) is 9.55. The molecule has 0 fully saturated rings. The largest absolute Gasteiger partial charge is 0.384 e. The molecule has 0 aliphatic carbocycles. The van der Waals surface area contributed by atoms with Gasteiger partial charge in [0.15, 0.2) is 5.76 Å². The van der Waals surface area contributed by atoms with Crippen molar-refractivity contribution in [1.29, 1.82) is 0 Å². The van der Waals surface area contributed by atoms with Crippen LogP contribution < -0.4 is 11.5 Å². The Morgan fingerprint density at radius 2 is 2.06 bits per heavy atom. The zero-order valence-corrected chi connectivity index (χ0v) is 9.55. The highest BCUT2D eigenvalue weighted by Crippen LogP contribution is 2.19. The van der Waals surface area contributed by atoms with Crippen molar-refractivity contribution in [2.24, 2.45) is 16.5 Å². The van der Waals surface area contributed by atoms with Gasteiger partial charge >= 0.3 is 0 Å². The summed E-state index contributed by atoms with van der Waals surface area (Å²) in [5, 5.41) is 3.94. The predicted octanol–water partition coefficient (Wildman–Crippen LogP) is 1.14. The topological polar surface area (TPSA) is 90.4 Å². The third-order valence-electron chi connectivity index (χ3n) is 2.48. The Labute approximate surface area is 99.1 Å². The summed E-state index contributed by atoms with van der Waals surface area (Å²) in [6, 6.07) is 9.46. The lowest BCUT2D eigenvalue weighted by Crippen LogP contribution is -2.12. The minimum atomic E-state index is 0.348. The van der Waals surface area contributed by atoms with Gasteiger partial charge in [-0.05, 0) is 0 Å². The second-order valence-electron chi connectivity index (χ2n) is 3.57. The molecule has 0 aliphatic heterocycles. The van der Waals surface area contributed by atoms with Gasteiger partial charge in [-0.25, -0.2) is 0 Å². The van der Waals surface area contributed by atoms with E-state index in [1.165, 1.54) is 0 Å². The second kappa shape index (κ2) is 4.80. The summed E-state index contributed by atoms with van der Waals surface area (Å²) in [5.41, 5.74) is 13.8. The van der Waals surface area contributed by atoms with Crippen LogP contribution in [0.4, 0.5) is 0 Å². The third kappa shape index (κ3) is 2.34. The monoisotopic (exact) mass is 230 g/mol. The first-order valence-electron chi connectivity index (χ1n) is 5.23.